The van der Waals surface area contributed by atoms with Crippen LogP contribution in [0, 0.1) is 6.92 Å². The molecule has 5 heteroatoms. The first-order valence-electron chi connectivity index (χ1n) is 7.76. The van der Waals surface area contributed by atoms with E-state index in [1.54, 1.807) is 11.9 Å². The quantitative estimate of drug-likeness (QED) is 0.750. The van der Waals surface area contributed by atoms with Crippen LogP contribution < -0.4 is 9.64 Å². The van der Waals surface area contributed by atoms with Crippen molar-refractivity contribution < 1.29 is 9.53 Å². The third-order valence-corrected chi connectivity index (χ3v) is 4.36. The van der Waals surface area contributed by atoms with Crippen molar-refractivity contribution in [2.75, 3.05) is 32.6 Å². The Labute approximate surface area is 152 Å². The maximum atomic E-state index is 12.3. The van der Waals surface area contributed by atoms with Gasteiger partial charge in [-0.2, -0.15) is 0 Å². The maximum absolute atomic E-state index is 12.3. The highest BCUT2D eigenvalue weighted by molar-refractivity contribution is 9.10. The van der Waals surface area contributed by atoms with E-state index in [0.717, 1.165) is 21.3 Å². The van der Waals surface area contributed by atoms with Gasteiger partial charge in [-0.3, -0.25) is 4.79 Å². The van der Waals surface area contributed by atoms with E-state index in [0.29, 0.717) is 12.3 Å². The molecule has 2 rings (SSSR count). The molecular formula is C19H23BrN2O2. The van der Waals surface area contributed by atoms with Crippen LogP contribution in [0.1, 0.15) is 11.1 Å². The van der Waals surface area contributed by atoms with Gasteiger partial charge in [-0.1, -0.05) is 18.2 Å². The summed E-state index contributed by atoms with van der Waals surface area (Å²) in [5.41, 5.74) is 3.37. The lowest BCUT2D eigenvalue weighted by molar-refractivity contribution is -0.132. The molecule has 0 fully saturated rings. The summed E-state index contributed by atoms with van der Waals surface area (Å²) in [6, 6.07) is 14.0. The summed E-state index contributed by atoms with van der Waals surface area (Å²) < 4.78 is 6.48. The van der Waals surface area contributed by atoms with Crippen molar-refractivity contribution in [3.05, 3.63) is 58.1 Å². The minimum absolute atomic E-state index is 0.0218. The number of anilines is 1. The summed E-state index contributed by atoms with van der Waals surface area (Å²) in [4.78, 5) is 16.0. The van der Waals surface area contributed by atoms with Crippen molar-refractivity contribution in [3.8, 4) is 5.75 Å². The van der Waals surface area contributed by atoms with E-state index in [2.05, 4.69) is 15.9 Å². The van der Waals surface area contributed by atoms with Crippen LogP contribution in [0.4, 0.5) is 5.69 Å². The zero-order valence-corrected chi connectivity index (χ0v) is 16.1. The average molecular weight is 391 g/mol. The van der Waals surface area contributed by atoms with Crippen molar-refractivity contribution in [2.45, 2.75) is 13.5 Å². The summed E-state index contributed by atoms with van der Waals surface area (Å²) in [5.74, 6) is 0.622. The van der Waals surface area contributed by atoms with E-state index in [1.807, 2.05) is 68.4 Å². The summed E-state index contributed by atoms with van der Waals surface area (Å²) in [6.45, 7) is 2.59. The van der Waals surface area contributed by atoms with Gasteiger partial charge in [0, 0.05) is 33.4 Å². The summed E-state index contributed by atoms with van der Waals surface area (Å²) in [6.07, 6.45) is 0. The van der Waals surface area contributed by atoms with Gasteiger partial charge in [0.25, 0.3) is 5.91 Å². The van der Waals surface area contributed by atoms with Crippen LogP contribution >= 0.6 is 15.9 Å². The molecular weight excluding hydrogens is 368 g/mol. The molecule has 0 saturated carbocycles. The molecule has 0 unspecified atom stereocenters. The molecule has 0 aliphatic rings. The molecule has 0 aliphatic carbocycles. The third kappa shape index (κ3) is 4.99. The monoisotopic (exact) mass is 390 g/mol. The Hall–Kier alpha value is -2.01. The minimum atomic E-state index is -0.0563. The van der Waals surface area contributed by atoms with Gasteiger partial charge in [-0.05, 0) is 58.2 Å². The molecule has 0 N–H and O–H groups in total. The molecule has 24 heavy (non-hydrogen) atoms. The standard InChI is InChI=1S/C19H23BrN2O2/c1-14-5-10-18(17(20)11-14)24-13-19(23)22(4)12-15-6-8-16(9-7-15)21(2)3/h5-11H,12-13H2,1-4H3. The molecule has 2 aromatic carbocycles. The second-order valence-corrected chi connectivity index (χ2v) is 6.89. The molecule has 0 aliphatic heterocycles. The third-order valence-electron chi connectivity index (χ3n) is 3.74. The molecule has 2 aromatic rings. The number of rotatable bonds is 6. The van der Waals surface area contributed by atoms with Crippen molar-refractivity contribution >= 4 is 27.5 Å². The van der Waals surface area contributed by atoms with Gasteiger partial charge in [-0.25, -0.2) is 0 Å². The lowest BCUT2D eigenvalue weighted by Gasteiger charge is -2.19. The Bertz CT molecular complexity index is 699. The smallest absolute Gasteiger partial charge is 0.260 e. The van der Waals surface area contributed by atoms with E-state index in [4.69, 9.17) is 4.74 Å². The van der Waals surface area contributed by atoms with Crippen LogP contribution in [0.2, 0.25) is 0 Å². The summed E-state index contributed by atoms with van der Waals surface area (Å²) in [5, 5.41) is 0. The number of benzene rings is 2. The van der Waals surface area contributed by atoms with Crippen LogP contribution in [0.5, 0.6) is 5.75 Å². The van der Waals surface area contributed by atoms with Crippen molar-refractivity contribution in [2.24, 2.45) is 0 Å². The van der Waals surface area contributed by atoms with Gasteiger partial charge >= 0.3 is 0 Å². The fourth-order valence-electron chi connectivity index (χ4n) is 2.23. The van der Waals surface area contributed by atoms with Gasteiger partial charge in [-0.15, -0.1) is 0 Å². The van der Waals surface area contributed by atoms with Gasteiger partial charge in [0.15, 0.2) is 6.61 Å². The number of hydrogen-bond acceptors (Lipinski definition) is 3. The Morgan fingerprint density at radius 2 is 1.75 bits per heavy atom. The molecule has 0 bridgehead atoms. The Balaban J connectivity index is 1.89. The molecule has 128 valence electrons. The fraction of sp³-hybridized carbons (Fsp3) is 0.316. The minimum Gasteiger partial charge on any atom is -0.483 e. The zero-order valence-electron chi connectivity index (χ0n) is 14.5. The zero-order chi connectivity index (χ0) is 17.7. The summed E-state index contributed by atoms with van der Waals surface area (Å²) in [7, 11) is 5.80. The van der Waals surface area contributed by atoms with Gasteiger partial charge in [0.1, 0.15) is 5.75 Å². The second-order valence-electron chi connectivity index (χ2n) is 6.03. The first kappa shape index (κ1) is 18.3. The van der Waals surface area contributed by atoms with E-state index in [1.165, 1.54) is 0 Å². The van der Waals surface area contributed by atoms with Crippen LogP contribution in [0.3, 0.4) is 0 Å². The first-order valence-corrected chi connectivity index (χ1v) is 8.55. The van der Waals surface area contributed by atoms with E-state index >= 15 is 0 Å². The second kappa shape index (κ2) is 8.20. The molecule has 0 spiro atoms. The normalized spacial score (nSPS) is 10.4. The molecule has 0 saturated heterocycles. The molecule has 0 aromatic heterocycles. The number of aryl methyl sites for hydroxylation is 1. The number of likely N-dealkylation sites (N-methyl/N-ethyl adjacent to an activating group) is 1. The Morgan fingerprint density at radius 3 is 2.33 bits per heavy atom. The van der Waals surface area contributed by atoms with Gasteiger partial charge in [0.05, 0.1) is 4.47 Å². The Morgan fingerprint density at radius 1 is 1.08 bits per heavy atom. The number of carbonyl (C=O) groups excluding carboxylic acids is 1. The van der Waals surface area contributed by atoms with Crippen LogP contribution in [0.25, 0.3) is 0 Å². The lowest BCUT2D eigenvalue weighted by Crippen LogP contribution is -2.31. The highest BCUT2D eigenvalue weighted by atomic mass is 79.9. The number of carbonyl (C=O) groups is 1. The SMILES string of the molecule is Cc1ccc(OCC(=O)N(C)Cc2ccc(N(C)C)cc2)c(Br)c1. The number of nitrogens with zero attached hydrogens (tertiary/aromatic N) is 2. The van der Waals surface area contributed by atoms with Gasteiger partial charge in [0.2, 0.25) is 0 Å². The molecule has 0 atom stereocenters. The average Bonchev–Trinajstić information content (AvgIpc) is 2.54. The molecule has 1 amide bonds. The first-order chi connectivity index (χ1) is 11.4. The van der Waals surface area contributed by atoms with Gasteiger partial charge < -0.3 is 14.5 Å². The number of hydrogen-bond donors (Lipinski definition) is 0. The highest BCUT2D eigenvalue weighted by Gasteiger charge is 2.11. The maximum Gasteiger partial charge on any atom is 0.260 e. The predicted octanol–water partition coefficient (Wildman–Crippen LogP) is 3.86. The highest BCUT2D eigenvalue weighted by Crippen LogP contribution is 2.25. The molecule has 4 nitrogen and oxygen atoms in total. The fourth-order valence-corrected chi connectivity index (χ4v) is 2.84. The topological polar surface area (TPSA) is 32.8 Å². The van der Waals surface area contributed by atoms with Crippen LogP contribution in [0.15, 0.2) is 46.9 Å². The van der Waals surface area contributed by atoms with Crippen LogP contribution in [-0.4, -0.2) is 38.6 Å². The van der Waals surface area contributed by atoms with Crippen molar-refractivity contribution in [3.63, 3.8) is 0 Å². The predicted molar refractivity (Wildman–Crippen MR) is 102 cm³/mol. The van der Waals surface area contributed by atoms with Crippen LogP contribution in [-0.2, 0) is 11.3 Å². The largest absolute Gasteiger partial charge is 0.483 e. The number of amides is 1. The Kier molecular flexibility index (Phi) is 6.26. The number of halogens is 1. The van der Waals surface area contributed by atoms with E-state index < -0.39 is 0 Å². The van der Waals surface area contributed by atoms with E-state index in [-0.39, 0.29) is 12.5 Å². The number of ether oxygens (including phenoxy) is 1. The lowest BCUT2D eigenvalue weighted by atomic mass is 10.2. The molecule has 0 radical (unpaired) electrons. The van der Waals surface area contributed by atoms with Crippen molar-refractivity contribution in [1.82, 2.24) is 4.90 Å². The van der Waals surface area contributed by atoms with E-state index in [9.17, 15) is 4.79 Å². The van der Waals surface area contributed by atoms with Crippen molar-refractivity contribution in [1.29, 1.82) is 0 Å². The summed E-state index contributed by atoms with van der Waals surface area (Å²) >= 11 is 3.45. The molecule has 0 heterocycles.